The fourth-order valence-electron chi connectivity index (χ4n) is 4.05. The minimum atomic E-state index is 1.05. The molecule has 3 rings (SSSR count). The highest BCUT2D eigenvalue weighted by Gasteiger charge is 2.04. The van der Waals surface area contributed by atoms with Gasteiger partial charge in [0.2, 0.25) is 0 Å². The van der Waals surface area contributed by atoms with Gasteiger partial charge in [-0.2, -0.15) is 0 Å². The first kappa shape index (κ1) is 20.6. The number of nitrogens with one attached hydrogen (secondary N) is 1. The third-order valence-corrected chi connectivity index (χ3v) is 5.72. The minimum absolute atomic E-state index is 1.05. The molecule has 1 N–H and O–H groups in total. The van der Waals surface area contributed by atoms with Crippen LogP contribution < -0.4 is 0 Å². The molecule has 28 heavy (non-hydrogen) atoms. The lowest BCUT2D eigenvalue weighted by Gasteiger charge is -2.09. The number of aryl methyl sites for hydroxylation is 3. The van der Waals surface area contributed by atoms with Gasteiger partial charge in [0, 0.05) is 6.42 Å². The van der Waals surface area contributed by atoms with Gasteiger partial charge >= 0.3 is 0 Å². The van der Waals surface area contributed by atoms with Crippen molar-refractivity contribution < 1.29 is 0 Å². The molecule has 0 bridgehead atoms. The van der Waals surface area contributed by atoms with E-state index in [0.29, 0.717) is 0 Å². The number of hydrogen-bond donors (Lipinski definition) is 1. The predicted molar refractivity (Wildman–Crippen MR) is 121 cm³/mol. The molecule has 3 aromatic rings. The van der Waals surface area contributed by atoms with Crippen molar-refractivity contribution in [1.82, 2.24) is 9.97 Å². The number of aromatic amines is 1. The molecule has 0 unspecified atom stereocenters. The number of aromatic nitrogens is 2. The van der Waals surface area contributed by atoms with Gasteiger partial charge in [0.15, 0.2) is 0 Å². The van der Waals surface area contributed by atoms with Crippen molar-refractivity contribution in [2.24, 2.45) is 0 Å². The first-order valence-electron chi connectivity index (χ1n) is 11.4. The van der Waals surface area contributed by atoms with E-state index >= 15 is 0 Å². The van der Waals surface area contributed by atoms with Crippen molar-refractivity contribution in [2.75, 3.05) is 0 Å². The van der Waals surface area contributed by atoms with Crippen LogP contribution >= 0.6 is 0 Å². The van der Waals surface area contributed by atoms with Crippen LogP contribution in [0.15, 0.2) is 48.5 Å². The highest BCUT2D eigenvalue weighted by atomic mass is 14.9. The van der Waals surface area contributed by atoms with E-state index in [1.54, 1.807) is 11.1 Å². The number of H-pyrrole nitrogens is 1. The van der Waals surface area contributed by atoms with Crippen molar-refractivity contribution in [3.8, 4) is 0 Å². The summed E-state index contributed by atoms with van der Waals surface area (Å²) in [7, 11) is 0. The fourth-order valence-corrected chi connectivity index (χ4v) is 4.05. The SMILES string of the molecule is CCCCCCCCc1ccccc1CCCCCc1nc2ccccc2[nH]1. The zero-order valence-electron chi connectivity index (χ0n) is 17.6. The number of para-hydroxylation sites is 2. The molecule has 2 aromatic carbocycles. The largest absolute Gasteiger partial charge is 0.342 e. The van der Waals surface area contributed by atoms with Gasteiger partial charge in [-0.05, 0) is 55.4 Å². The highest BCUT2D eigenvalue weighted by Crippen LogP contribution is 2.18. The molecule has 0 atom stereocenters. The zero-order chi connectivity index (χ0) is 19.4. The van der Waals surface area contributed by atoms with Crippen molar-refractivity contribution in [3.63, 3.8) is 0 Å². The topological polar surface area (TPSA) is 28.7 Å². The Labute approximate surface area is 170 Å². The molecule has 150 valence electrons. The summed E-state index contributed by atoms with van der Waals surface area (Å²) in [6, 6.07) is 17.4. The Bertz CT molecular complexity index is 785. The van der Waals surface area contributed by atoms with Crippen LogP contribution in [-0.2, 0) is 19.3 Å². The fraction of sp³-hybridized carbons (Fsp3) is 0.500. The lowest BCUT2D eigenvalue weighted by atomic mass is 9.96. The highest BCUT2D eigenvalue weighted by molar-refractivity contribution is 5.74. The van der Waals surface area contributed by atoms with Crippen LogP contribution in [0.25, 0.3) is 11.0 Å². The molecule has 2 nitrogen and oxygen atoms in total. The van der Waals surface area contributed by atoms with E-state index in [9.17, 15) is 0 Å². The Balaban J connectivity index is 1.36. The third-order valence-electron chi connectivity index (χ3n) is 5.72. The second-order valence-electron chi connectivity index (χ2n) is 8.05. The molecule has 0 saturated carbocycles. The molecule has 0 fully saturated rings. The van der Waals surface area contributed by atoms with Crippen molar-refractivity contribution in [1.29, 1.82) is 0 Å². The summed E-state index contributed by atoms with van der Waals surface area (Å²) >= 11 is 0. The average molecular weight is 377 g/mol. The van der Waals surface area contributed by atoms with Crippen LogP contribution in [0.2, 0.25) is 0 Å². The van der Waals surface area contributed by atoms with Crippen LogP contribution in [0, 0.1) is 0 Å². The van der Waals surface area contributed by atoms with Gasteiger partial charge in [0.25, 0.3) is 0 Å². The lowest BCUT2D eigenvalue weighted by molar-refractivity contribution is 0.605. The smallest absolute Gasteiger partial charge is 0.107 e. The Hall–Kier alpha value is -2.09. The van der Waals surface area contributed by atoms with Crippen LogP contribution in [0.5, 0.6) is 0 Å². The van der Waals surface area contributed by atoms with Gasteiger partial charge in [-0.25, -0.2) is 4.98 Å². The first-order chi connectivity index (χ1) is 13.9. The van der Waals surface area contributed by atoms with Crippen molar-refractivity contribution in [3.05, 3.63) is 65.5 Å². The first-order valence-corrected chi connectivity index (χ1v) is 11.4. The molecule has 0 spiro atoms. The normalized spacial score (nSPS) is 11.3. The van der Waals surface area contributed by atoms with Gasteiger partial charge in [-0.3, -0.25) is 0 Å². The predicted octanol–water partition coefficient (Wildman–Crippen LogP) is 7.42. The Kier molecular flexibility index (Phi) is 8.61. The molecule has 0 amide bonds. The van der Waals surface area contributed by atoms with E-state index in [-0.39, 0.29) is 0 Å². The van der Waals surface area contributed by atoms with E-state index in [0.717, 1.165) is 23.3 Å². The van der Waals surface area contributed by atoms with Gasteiger partial charge in [0.1, 0.15) is 5.82 Å². The monoisotopic (exact) mass is 376 g/mol. The molecule has 0 saturated heterocycles. The maximum Gasteiger partial charge on any atom is 0.107 e. The summed E-state index contributed by atoms with van der Waals surface area (Å²) in [6.45, 7) is 2.28. The van der Waals surface area contributed by atoms with Crippen LogP contribution in [0.1, 0.15) is 81.7 Å². The van der Waals surface area contributed by atoms with Crippen LogP contribution in [-0.4, -0.2) is 9.97 Å². The van der Waals surface area contributed by atoms with E-state index in [1.807, 2.05) is 0 Å². The number of imidazole rings is 1. The zero-order valence-corrected chi connectivity index (χ0v) is 17.6. The van der Waals surface area contributed by atoms with Crippen molar-refractivity contribution >= 4 is 11.0 Å². The summed E-state index contributed by atoms with van der Waals surface area (Å²) in [6.07, 6.45) is 15.5. The van der Waals surface area contributed by atoms with Gasteiger partial charge < -0.3 is 4.98 Å². The number of hydrogen-bond acceptors (Lipinski definition) is 1. The summed E-state index contributed by atoms with van der Waals surface area (Å²) in [4.78, 5) is 8.13. The maximum absolute atomic E-state index is 4.69. The maximum atomic E-state index is 4.69. The van der Waals surface area contributed by atoms with Crippen LogP contribution in [0.3, 0.4) is 0 Å². The molecule has 0 aliphatic carbocycles. The second-order valence-corrected chi connectivity index (χ2v) is 8.05. The van der Waals surface area contributed by atoms with Gasteiger partial charge in [0.05, 0.1) is 11.0 Å². The van der Waals surface area contributed by atoms with E-state index < -0.39 is 0 Å². The Morgan fingerprint density at radius 2 is 1.21 bits per heavy atom. The van der Waals surface area contributed by atoms with E-state index in [1.165, 1.54) is 70.6 Å². The summed E-state index contributed by atoms with van der Waals surface area (Å²) in [5.41, 5.74) is 5.39. The summed E-state index contributed by atoms with van der Waals surface area (Å²) in [5.74, 6) is 1.13. The summed E-state index contributed by atoms with van der Waals surface area (Å²) in [5, 5.41) is 0. The Morgan fingerprint density at radius 3 is 1.93 bits per heavy atom. The quantitative estimate of drug-likeness (QED) is 0.309. The number of benzene rings is 2. The third kappa shape index (κ3) is 6.51. The Morgan fingerprint density at radius 1 is 0.643 bits per heavy atom. The molecular formula is C26H36N2. The lowest BCUT2D eigenvalue weighted by Crippen LogP contribution is -1.96. The average Bonchev–Trinajstić information content (AvgIpc) is 3.14. The molecule has 2 heteroatoms. The molecule has 0 aliphatic rings. The molecule has 1 heterocycles. The summed E-state index contributed by atoms with van der Waals surface area (Å²) < 4.78 is 0. The molecule has 1 aromatic heterocycles. The molecule has 0 aliphatic heterocycles. The number of unbranched alkanes of at least 4 members (excludes halogenated alkanes) is 7. The van der Waals surface area contributed by atoms with E-state index in [2.05, 4.69) is 65.4 Å². The molecule has 0 radical (unpaired) electrons. The molecular weight excluding hydrogens is 340 g/mol. The van der Waals surface area contributed by atoms with Gasteiger partial charge in [-0.15, -0.1) is 0 Å². The van der Waals surface area contributed by atoms with Gasteiger partial charge in [-0.1, -0.05) is 81.8 Å². The minimum Gasteiger partial charge on any atom is -0.342 e. The number of rotatable bonds is 13. The second kappa shape index (κ2) is 11.7. The van der Waals surface area contributed by atoms with Crippen molar-refractivity contribution in [2.45, 2.75) is 84.0 Å². The number of fused-ring (bicyclic) bond motifs is 1. The van der Waals surface area contributed by atoms with Crippen LogP contribution in [0.4, 0.5) is 0 Å². The standard InChI is InChI=1S/C26H36N2/c1-2-3-4-5-6-8-15-22-17-11-12-18-23(22)16-9-7-10-21-26-27-24-19-13-14-20-25(24)28-26/h11-14,17-20H,2-10,15-16,21H2,1H3,(H,27,28). The van der Waals surface area contributed by atoms with E-state index in [4.69, 9.17) is 0 Å². The number of nitrogens with zero attached hydrogens (tertiary/aromatic N) is 1.